The van der Waals surface area contributed by atoms with Crippen LogP contribution in [0.25, 0.3) is 27.9 Å². The average molecular weight is 366 g/mol. The van der Waals surface area contributed by atoms with E-state index in [0.29, 0.717) is 11.3 Å². The van der Waals surface area contributed by atoms with Crippen LogP contribution in [0.4, 0.5) is 0 Å². The van der Waals surface area contributed by atoms with Gasteiger partial charge in [-0.2, -0.15) is 0 Å². The van der Waals surface area contributed by atoms with Gasteiger partial charge in [0.1, 0.15) is 5.75 Å². The van der Waals surface area contributed by atoms with Crippen LogP contribution in [0.1, 0.15) is 21.6 Å². The predicted octanol–water partition coefficient (Wildman–Crippen LogP) is 5.07. The molecule has 3 aromatic carbocycles. The molecule has 0 amide bonds. The van der Waals surface area contributed by atoms with E-state index < -0.39 is 0 Å². The van der Waals surface area contributed by atoms with Gasteiger partial charge >= 0.3 is 0 Å². The second-order valence-electron chi connectivity index (χ2n) is 6.95. The fraction of sp³-hybridized carbons (Fsp3) is 0.0833. The number of nitrogens with zero attached hydrogens (tertiary/aromatic N) is 2. The van der Waals surface area contributed by atoms with Gasteiger partial charge in [0.15, 0.2) is 5.78 Å². The standard InChI is InChI=1S/C24H18N2O2/c1-15-13-26(14-25-15)22-11-19-18-9-8-17(16-6-4-3-5-7-16)10-20(18)24(27)21(19)12-23(22)28-2/h3-14H,1-2H3. The Hall–Kier alpha value is -3.66. The number of hydrogen-bond donors (Lipinski definition) is 0. The van der Waals surface area contributed by atoms with Crippen molar-refractivity contribution < 1.29 is 9.53 Å². The molecule has 0 radical (unpaired) electrons. The topological polar surface area (TPSA) is 44.1 Å². The maximum atomic E-state index is 13.1. The van der Waals surface area contributed by atoms with Gasteiger partial charge in [-0.1, -0.05) is 42.5 Å². The van der Waals surface area contributed by atoms with Gasteiger partial charge in [0.05, 0.1) is 24.8 Å². The first kappa shape index (κ1) is 16.5. The van der Waals surface area contributed by atoms with Crippen molar-refractivity contribution >= 4 is 5.78 Å². The number of rotatable bonds is 3. The van der Waals surface area contributed by atoms with Crippen LogP contribution in [0.3, 0.4) is 0 Å². The summed E-state index contributed by atoms with van der Waals surface area (Å²) in [5, 5.41) is 0. The van der Waals surface area contributed by atoms with E-state index in [2.05, 4.69) is 23.2 Å². The van der Waals surface area contributed by atoms with E-state index >= 15 is 0 Å². The third-order valence-electron chi connectivity index (χ3n) is 5.21. The molecule has 0 aliphatic heterocycles. The molecule has 1 aliphatic rings. The van der Waals surface area contributed by atoms with E-state index in [4.69, 9.17) is 4.74 Å². The number of carbonyl (C=O) groups is 1. The van der Waals surface area contributed by atoms with Crippen LogP contribution in [0.15, 0.2) is 73.2 Å². The lowest BCUT2D eigenvalue weighted by Gasteiger charge is -2.12. The number of benzene rings is 3. The van der Waals surface area contributed by atoms with E-state index in [1.807, 2.05) is 60.2 Å². The molecule has 1 heterocycles. The molecule has 0 N–H and O–H groups in total. The smallest absolute Gasteiger partial charge is 0.194 e. The summed E-state index contributed by atoms with van der Waals surface area (Å²) in [5.74, 6) is 0.690. The Bertz CT molecular complexity index is 1220. The van der Waals surface area contributed by atoms with Crippen molar-refractivity contribution in [2.45, 2.75) is 6.92 Å². The fourth-order valence-electron chi connectivity index (χ4n) is 3.82. The first-order valence-electron chi connectivity index (χ1n) is 9.13. The number of ether oxygens (including phenoxy) is 1. The van der Waals surface area contributed by atoms with E-state index in [9.17, 15) is 4.79 Å². The third-order valence-corrected chi connectivity index (χ3v) is 5.21. The molecule has 0 spiro atoms. The van der Waals surface area contributed by atoms with Gasteiger partial charge < -0.3 is 9.30 Å². The van der Waals surface area contributed by atoms with Gasteiger partial charge in [-0.25, -0.2) is 4.98 Å². The first-order chi connectivity index (χ1) is 13.7. The Morgan fingerprint density at radius 1 is 0.857 bits per heavy atom. The molecule has 0 unspecified atom stereocenters. The zero-order valence-electron chi connectivity index (χ0n) is 15.6. The number of ketones is 1. The predicted molar refractivity (Wildman–Crippen MR) is 109 cm³/mol. The van der Waals surface area contributed by atoms with Gasteiger partial charge in [0.2, 0.25) is 0 Å². The minimum atomic E-state index is 0.0365. The number of carbonyl (C=O) groups excluding carboxylic acids is 1. The molecular weight excluding hydrogens is 348 g/mol. The Morgan fingerprint density at radius 3 is 2.36 bits per heavy atom. The van der Waals surface area contributed by atoms with Gasteiger partial charge in [-0.15, -0.1) is 0 Å². The minimum Gasteiger partial charge on any atom is -0.495 e. The lowest BCUT2D eigenvalue weighted by molar-refractivity contribution is 0.104. The molecule has 1 aromatic heterocycles. The van der Waals surface area contributed by atoms with E-state index in [1.54, 1.807) is 13.4 Å². The molecule has 0 bridgehead atoms. The summed E-state index contributed by atoms with van der Waals surface area (Å²) in [6, 6.07) is 20.1. The molecule has 4 nitrogen and oxygen atoms in total. The maximum absolute atomic E-state index is 13.1. The lowest BCUT2D eigenvalue weighted by Crippen LogP contribution is -2.00. The Morgan fingerprint density at radius 2 is 1.64 bits per heavy atom. The van der Waals surface area contributed by atoms with Gasteiger partial charge in [0, 0.05) is 17.3 Å². The molecule has 5 rings (SSSR count). The molecule has 0 fully saturated rings. The summed E-state index contributed by atoms with van der Waals surface area (Å²) >= 11 is 0. The van der Waals surface area contributed by atoms with Crippen molar-refractivity contribution in [2.75, 3.05) is 7.11 Å². The van der Waals surface area contributed by atoms with Crippen LogP contribution >= 0.6 is 0 Å². The molecule has 0 saturated heterocycles. The van der Waals surface area contributed by atoms with Gasteiger partial charge in [-0.3, -0.25) is 4.79 Å². The highest BCUT2D eigenvalue weighted by atomic mass is 16.5. The molecule has 28 heavy (non-hydrogen) atoms. The average Bonchev–Trinajstić information content (AvgIpc) is 3.29. The highest BCUT2D eigenvalue weighted by Gasteiger charge is 2.29. The van der Waals surface area contributed by atoms with Crippen LogP contribution in [-0.2, 0) is 0 Å². The van der Waals surface area contributed by atoms with Gasteiger partial charge in [-0.05, 0) is 47.4 Å². The third kappa shape index (κ3) is 2.46. The van der Waals surface area contributed by atoms with Crippen LogP contribution in [-0.4, -0.2) is 22.4 Å². The summed E-state index contributed by atoms with van der Waals surface area (Å²) in [5.41, 5.74) is 7.23. The van der Waals surface area contributed by atoms with Crippen LogP contribution < -0.4 is 4.74 Å². The number of imidazole rings is 1. The first-order valence-corrected chi connectivity index (χ1v) is 9.13. The lowest BCUT2D eigenvalue weighted by atomic mass is 9.99. The maximum Gasteiger partial charge on any atom is 0.194 e. The van der Waals surface area contributed by atoms with Crippen LogP contribution in [0.2, 0.25) is 0 Å². The quantitative estimate of drug-likeness (QED) is 0.448. The van der Waals surface area contributed by atoms with Crippen molar-refractivity contribution in [3.05, 3.63) is 90.0 Å². The summed E-state index contributed by atoms with van der Waals surface area (Å²) in [6.45, 7) is 1.94. The molecule has 0 atom stereocenters. The molecule has 4 aromatic rings. The molecule has 136 valence electrons. The highest BCUT2D eigenvalue weighted by molar-refractivity contribution is 6.22. The number of hydrogen-bond acceptors (Lipinski definition) is 3. The fourth-order valence-corrected chi connectivity index (χ4v) is 3.82. The molecule has 4 heteroatoms. The Kier molecular flexibility index (Phi) is 3.66. The van der Waals surface area contributed by atoms with Crippen molar-refractivity contribution in [2.24, 2.45) is 0 Å². The van der Waals surface area contributed by atoms with E-state index in [1.165, 1.54) is 0 Å². The molecule has 1 aliphatic carbocycles. The zero-order valence-corrected chi connectivity index (χ0v) is 15.6. The van der Waals surface area contributed by atoms with E-state index in [0.717, 1.165) is 39.2 Å². The van der Waals surface area contributed by atoms with Crippen molar-refractivity contribution in [3.63, 3.8) is 0 Å². The minimum absolute atomic E-state index is 0.0365. The number of methoxy groups -OCH3 is 1. The van der Waals surface area contributed by atoms with Gasteiger partial charge in [0.25, 0.3) is 0 Å². The Balaban J connectivity index is 1.68. The van der Waals surface area contributed by atoms with Crippen molar-refractivity contribution in [1.29, 1.82) is 0 Å². The van der Waals surface area contributed by atoms with Crippen molar-refractivity contribution in [1.82, 2.24) is 9.55 Å². The highest BCUT2D eigenvalue weighted by Crippen LogP contribution is 2.42. The largest absolute Gasteiger partial charge is 0.495 e. The summed E-state index contributed by atoms with van der Waals surface area (Å²) in [7, 11) is 1.62. The zero-order chi connectivity index (χ0) is 19.3. The second kappa shape index (κ2) is 6.20. The number of aromatic nitrogens is 2. The SMILES string of the molecule is COc1cc2c(cc1-n1cnc(C)c1)-c1ccc(-c3ccccc3)cc1C2=O. The Labute approximate surface area is 163 Å². The van der Waals surface area contributed by atoms with Crippen LogP contribution in [0.5, 0.6) is 5.75 Å². The van der Waals surface area contributed by atoms with E-state index in [-0.39, 0.29) is 5.78 Å². The monoisotopic (exact) mass is 366 g/mol. The van der Waals surface area contributed by atoms with Crippen molar-refractivity contribution in [3.8, 4) is 33.7 Å². The normalized spacial score (nSPS) is 12.0. The number of aryl methyl sites for hydroxylation is 1. The second-order valence-corrected chi connectivity index (χ2v) is 6.95. The summed E-state index contributed by atoms with van der Waals surface area (Å²) in [4.78, 5) is 17.4. The summed E-state index contributed by atoms with van der Waals surface area (Å²) in [6.07, 6.45) is 3.70. The number of fused-ring (bicyclic) bond motifs is 3. The molecule has 0 saturated carbocycles. The summed E-state index contributed by atoms with van der Waals surface area (Å²) < 4.78 is 7.50. The molecular formula is C24H18N2O2. The van der Waals surface area contributed by atoms with Crippen LogP contribution in [0, 0.1) is 6.92 Å².